The van der Waals surface area contributed by atoms with Gasteiger partial charge in [-0.25, -0.2) is 9.55 Å². The van der Waals surface area contributed by atoms with E-state index >= 15 is 0 Å². The zero-order valence-electron chi connectivity index (χ0n) is 21.0. The highest BCUT2D eigenvalue weighted by Gasteiger charge is 2.19. The molecule has 0 saturated heterocycles. The standard InChI is InChI=1S/C30H19Cl4N5O2/c31-18-12-13-20(32)25(15-18)35-26-16-41-30(38-26)39-27(36-24-11-4-2-7-19(24)29(39)40)14-17-6-1-3-10-23(17)37-28-21(33)8-5-9-22(28)34/h1-13,15-16,35,37H,14H2. The zero-order chi connectivity index (χ0) is 28.5. The van der Waals surface area contributed by atoms with E-state index in [0.717, 1.165) is 11.3 Å². The summed E-state index contributed by atoms with van der Waals surface area (Å²) in [6, 6.07) is 25.1. The van der Waals surface area contributed by atoms with Crippen molar-refractivity contribution in [2.24, 2.45) is 0 Å². The topological polar surface area (TPSA) is 85.0 Å². The Balaban J connectivity index is 1.43. The highest BCUT2D eigenvalue weighted by Crippen LogP contribution is 2.34. The van der Waals surface area contributed by atoms with E-state index in [4.69, 9.17) is 55.8 Å². The van der Waals surface area contributed by atoms with Gasteiger partial charge in [-0.05, 0) is 54.1 Å². The van der Waals surface area contributed by atoms with Gasteiger partial charge in [0.05, 0.1) is 37.3 Å². The van der Waals surface area contributed by atoms with Crippen LogP contribution in [0.25, 0.3) is 16.9 Å². The molecule has 11 heteroatoms. The number of benzene rings is 4. The van der Waals surface area contributed by atoms with E-state index in [2.05, 4.69) is 15.6 Å². The number of aromatic nitrogens is 3. The van der Waals surface area contributed by atoms with Gasteiger partial charge in [-0.3, -0.25) is 4.79 Å². The lowest BCUT2D eigenvalue weighted by Crippen LogP contribution is -2.24. The van der Waals surface area contributed by atoms with Gasteiger partial charge < -0.3 is 15.1 Å². The smallest absolute Gasteiger partial charge is 0.312 e. The highest BCUT2D eigenvalue weighted by molar-refractivity contribution is 6.39. The van der Waals surface area contributed by atoms with Crippen LogP contribution < -0.4 is 16.2 Å². The molecule has 0 spiro atoms. The van der Waals surface area contributed by atoms with E-state index in [9.17, 15) is 4.79 Å². The maximum atomic E-state index is 13.8. The van der Waals surface area contributed by atoms with E-state index in [1.165, 1.54) is 10.8 Å². The summed E-state index contributed by atoms with van der Waals surface area (Å²) in [4.78, 5) is 23.1. The Bertz CT molecular complexity index is 1950. The molecule has 0 aliphatic rings. The fourth-order valence-corrected chi connectivity index (χ4v) is 5.20. The second-order valence-electron chi connectivity index (χ2n) is 9.01. The number of hydrogen-bond donors (Lipinski definition) is 2. The summed E-state index contributed by atoms with van der Waals surface area (Å²) in [5, 5.41) is 8.75. The predicted molar refractivity (Wildman–Crippen MR) is 166 cm³/mol. The summed E-state index contributed by atoms with van der Waals surface area (Å²) in [7, 11) is 0. The fraction of sp³-hybridized carbons (Fsp3) is 0.0333. The molecule has 6 rings (SSSR count). The highest BCUT2D eigenvalue weighted by atomic mass is 35.5. The Labute approximate surface area is 254 Å². The van der Waals surface area contributed by atoms with Crippen LogP contribution in [0.3, 0.4) is 0 Å². The van der Waals surface area contributed by atoms with Gasteiger partial charge in [-0.15, -0.1) is 0 Å². The molecule has 0 aliphatic carbocycles. The lowest BCUT2D eigenvalue weighted by Gasteiger charge is -2.16. The molecule has 2 aromatic heterocycles. The van der Waals surface area contributed by atoms with E-state index in [0.29, 0.717) is 54.0 Å². The molecule has 204 valence electrons. The fourth-order valence-electron chi connectivity index (χ4n) is 4.37. The Morgan fingerprint density at radius 2 is 1.51 bits per heavy atom. The molecule has 41 heavy (non-hydrogen) atoms. The molecular weight excluding hydrogens is 604 g/mol. The van der Waals surface area contributed by atoms with Crippen LogP contribution in [0, 0.1) is 0 Å². The van der Waals surface area contributed by atoms with E-state index in [-0.39, 0.29) is 18.0 Å². The van der Waals surface area contributed by atoms with Crippen LogP contribution in [-0.2, 0) is 6.42 Å². The average molecular weight is 623 g/mol. The minimum Gasteiger partial charge on any atom is -0.429 e. The third-order valence-electron chi connectivity index (χ3n) is 6.31. The van der Waals surface area contributed by atoms with Crippen LogP contribution in [0.5, 0.6) is 0 Å². The Hall–Kier alpha value is -4.01. The molecule has 7 nitrogen and oxygen atoms in total. The molecule has 0 atom stereocenters. The second kappa shape index (κ2) is 11.5. The van der Waals surface area contributed by atoms with Crippen molar-refractivity contribution in [2.75, 3.05) is 10.6 Å². The molecule has 0 amide bonds. The summed E-state index contributed by atoms with van der Waals surface area (Å²) < 4.78 is 7.15. The molecular formula is C30H19Cl4N5O2. The van der Waals surface area contributed by atoms with E-state index in [1.54, 1.807) is 54.6 Å². The minimum absolute atomic E-state index is 0.0449. The van der Waals surface area contributed by atoms with Crippen LogP contribution in [0.2, 0.25) is 20.1 Å². The lowest BCUT2D eigenvalue weighted by atomic mass is 10.1. The molecule has 2 heterocycles. The first-order valence-electron chi connectivity index (χ1n) is 12.3. The molecule has 0 unspecified atom stereocenters. The lowest BCUT2D eigenvalue weighted by molar-refractivity contribution is 0.515. The molecule has 0 fully saturated rings. The number of oxazole rings is 1. The maximum absolute atomic E-state index is 13.8. The van der Waals surface area contributed by atoms with Gasteiger partial charge in [0.25, 0.3) is 5.56 Å². The van der Waals surface area contributed by atoms with Gasteiger partial charge >= 0.3 is 6.01 Å². The first kappa shape index (κ1) is 27.2. The summed E-state index contributed by atoms with van der Waals surface area (Å²) >= 11 is 25.3. The normalized spacial score (nSPS) is 11.1. The number of nitrogens with zero attached hydrogens (tertiary/aromatic N) is 3. The Morgan fingerprint density at radius 1 is 0.756 bits per heavy atom. The van der Waals surface area contributed by atoms with E-state index in [1.807, 2.05) is 30.3 Å². The van der Waals surface area contributed by atoms with Gasteiger partial charge in [0, 0.05) is 17.1 Å². The first-order chi connectivity index (χ1) is 19.9. The van der Waals surface area contributed by atoms with Crippen molar-refractivity contribution in [3.63, 3.8) is 0 Å². The van der Waals surface area contributed by atoms with Gasteiger partial charge in [0.2, 0.25) is 0 Å². The molecule has 0 radical (unpaired) electrons. The monoisotopic (exact) mass is 621 g/mol. The van der Waals surface area contributed by atoms with E-state index < -0.39 is 0 Å². The first-order valence-corrected chi connectivity index (χ1v) is 13.9. The number of nitrogens with one attached hydrogen (secondary N) is 2. The summed E-state index contributed by atoms with van der Waals surface area (Å²) in [6.45, 7) is 0. The summed E-state index contributed by atoms with van der Waals surface area (Å²) in [6.07, 6.45) is 1.66. The third kappa shape index (κ3) is 5.62. The molecule has 2 N–H and O–H groups in total. The average Bonchev–Trinajstić information content (AvgIpc) is 3.41. The largest absolute Gasteiger partial charge is 0.429 e. The van der Waals surface area contributed by atoms with Crippen molar-refractivity contribution in [1.29, 1.82) is 0 Å². The van der Waals surface area contributed by atoms with Crippen molar-refractivity contribution in [3.8, 4) is 6.01 Å². The number of halogens is 4. The molecule has 0 saturated carbocycles. The van der Waals surface area contributed by atoms with Crippen molar-refractivity contribution in [2.45, 2.75) is 6.42 Å². The Morgan fingerprint density at radius 3 is 2.34 bits per heavy atom. The SMILES string of the molecule is O=c1c2ccccc2nc(Cc2ccccc2Nc2c(Cl)cccc2Cl)n1-c1nc(Nc2cc(Cl)ccc2Cl)co1. The van der Waals surface area contributed by atoms with Crippen molar-refractivity contribution < 1.29 is 4.42 Å². The number of para-hydroxylation sites is 3. The summed E-state index contributed by atoms with van der Waals surface area (Å²) in [5.74, 6) is 0.757. The van der Waals surface area contributed by atoms with Gasteiger partial charge in [0.15, 0.2) is 5.82 Å². The number of fused-ring (bicyclic) bond motifs is 1. The number of hydrogen-bond acceptors (Lipinski definition) is 6. The van der Waals surface area contributed by atoms with Gasteiger partial charge in [-0.2, -0.15) is 4.98 Å². The number of rotatable bonds is 7. The maximum Gasteiger partial charge on any atom is 0.312 e. The number of anilines is 4. The molecule has 0 bridgehead atoms. The van der Waals surface area contributed by atoms with Crippen molar-refractivity contribution in [1.82, 2.24) is 14.5 Å². The van der Waals surface area contributed by atoms with Crippen LogP contribution in [-0.4, -0.2) is 14.5 Å². The third-order valence-corrected chi connectivity index (χ3v) is 7.50. The Kier molecular flexibility index (Phi) is 7.60. The summed E-state index contributed by atoms with van der Waals surface area (Å²) in [5.41, 5.74) is 2.95. The predicted octanol–water partition coefficient (Wildman–Crippen LogP) is 9.07. The zero-order valence-corrected chi connectivity index (χ0v) is 24.1. The molecule has 0 aliphatic heterocycles. The minimum atomic E-state index is -0.320. The molecule has 6 aromatic rings. The molecule has 4 aromatic carbocycles. The van der Waals surface area contributed by atoms with Crippen LogP contribution in [0.1, 0.15) is 11.4 Å². The van der Waals surface area contributed by atoms with Crippen LogP contribution in [0.4, 0.5) is 22.9 Å². The quantitative estimate of drug-likeness (QED) is 0.185. The van der Waals surface area contributed by atoms with Crippen molar-refractivity contribution >= 4 is 80.2 Å². The van der Waals surface area contributed by atoms with Crippen LogP contribution >= 0.6 is 46.4 Å². The van der Waals surface area contributed by atoms with Gasteiger partial charge in [0.1, 0.15) is 12.1 Å². The van der Waals surface area contributed by atoms with Crippen molar-refractivity contribution in [3.05, 3.63) is 133 Å². The van der Waals surface area contributed by atoms with Crippen LogP contribution in [0.15, 0.2) is 100 Å². The van der Waals surface area contributed by atoms with Gasteiger partial charge in [-0.1, -0.05) is 82.8 Å². The second-order valence-corrected chi connectivity index (χ2v) is 10.7.